The van der Waals surface area contributed by atoms with E-state index in [1.807, 2.05) is 30.3 Å². The molecule has 0 atom stereocenters. The SMILES string of the molecule is CO.[Co].[c-]1ccccc1. The standard InChI is InChI=1S/C6H5.CH4O.Co/c1-2-4-6-5-3-1;1-2;/h1-5H;2H,1H3;/q-1;;. The summed E-state index contributed by atoms with van der Waals surface area (Å²) in [5.41, 5.74) is 0. The van der Waals surface area contributed by atoms with Crippen LogP contribution in [0.5, 0.6) is 0 Å². The molecule has 0 fully saturated rings. The Morgan fingerprint density at radius 1 is 1.00 bits per heavy atom. The monoisotopic (exact) mass is 168 g/mol. The molecule has 0 aliphatic rings. The van der Waals surface area contributed by atoms with E-state index in [4.69, 9.17) is 5.11 Å². The molecule has 0 aliphatic carbocycles. The first-order valence-corrected chi connectivity index (χ1v) is 2.36. The quantitative estimate of drug-likeness (QED) is 0.575. The van der Waals surface area contributed by atoms with Gasteiger partial charge in [0.1, 0.15) is 0 Å². The fourth-order valence-corrected chi connectivity index (χ4v) is 0.342. The minimum absolute atomic E-state index is 0. The number of rotatable bonds is 0. The largest absolute Gasteiger partial charge is 0.400 e. The van der Waals surface area contributed by atoms with E-state index in [-0.39, 0.29) is 16.8 Å². The molecule has 2 heteroatoms. The Kier molecular flexibility index (Phi) is 13.6. The Bertz CT molecular complexity index is 80.8. The first kappa shape index (κ1) is 11.5. The van der Waals surface area contributed by atoms with E-state index in [0.717, 1.165) is 7.11 Å². The van der Waals surface area contributed by atoms with Crippen molar-refractivity contribution in [1.29, 1.82) is 0 Å². The molecule has 0 spiro atoms. The third-order valence-corrected chi connectivity index (χ3v) is 0.607. The van der Waals surface area contributed by atoms with Crippen molar-refractivity contribution in [1.82, 2.24) is 0 Å². The molecule has 1 nitrogen and oxygen atoms in total. The van der Waals surface area contributed by atoms with Crippen LogP contribution < -0.4 is 0 Å². The summed E-state index contributed by atoms with van der Waals surface area (Å²) in [7, 11) is 1.00. The molecule has 1 aromatic rings. The predicted octanol–water partition coefficient (Wildman–Crippen LogP) is 1.09. The van der Waals surface area contributed by atoms with E-state index in [0.29, 0.717) is 0 Å². The molecule has 0 saturated carbocycles. The Morgan fingerprint density at radius 3 is 1.56 bits per heavy atom. The van der Waals surface area contributed by atoms with Crippen molar-refractivity contribution < 1.29 is 21.9 Å². The van der Waals surface area contributed by atoms with Gasteiger partial charge in [0.2, 0.25) is 0 Å². The van der Waals surface area contributed by atoms with Gasteiger partial charge >= 0.3 is 0 Å². The maximum absolute atomic E-state index is 7.00. The van der Waals surface area contributed by atoms with Gasteiger partial charge in [-0.15, -0.1) is 0 Å². The smallest absolute Gasteiger partial charge is 0.0319 e. The Balaban J connectivity index is 0. The maximum atomic E-state index is 7.00. The van der Waals surface area contributed by atoms with Crippen molar-refractivity contribution in [3.63, 3.8) is 0 Å². The average molecular weight is 168 g/mol. The molecule has 0 amide bonds. The van der Waals surface area contributed by atoms with Crippen molar-refractivity contribution in [2.24, 2.45) is 0 Å². The van der Waals surface area contributed by atoms with E-state index in [9.17, 15) is 0 Å². The minimum atomic E-state index is 0. The van der Waals surface area contributed by atoms with Crippen molar-refractivity contribution in [2.75, 3.05) is 7.11 Å². The molecule has 9 heavy (non-hydrogen) atoms. The molecular weight excluding hydrogens is 159 g/mol. The summed E-state index contributed by atoms with van der Waals surface area (Å²) in [6, 6.07) is 12.5. The van der Waals surface area contributed by atoms with Crippen molar-refractivity contribution in [3.8, 4) is 0 Å². The molecule has 1 N–H and O–H groups in total. The van der Waals surface area contributed by atoms with Crippen LogP contribution in [0.15, 0.2) is 30.3 Å². The van der Waals surface area contributed by atoms with E-state index in [2.05, 4.69) is 6.07 Å². The topological polar surface area (TPSA) is 20.2 Å². The maximum Gasteiger partial charge on any atom is 0.0319 e. The first-order chi connectivity index (χ1) is 4.00. The summed E-state index contributed by atoms with van der Waals surface area (Å²) in [6.45, 7) is 0. The van der Waals surface area contributed by atoms with E-state index < -0.39 is 0 Å². The molecule has 0 saturated heterocycles. The predicted molar refractivity (Wildman–Crippen MR) is 33.4 cm³/mol. The van der Waals surface area contributed by atoms with Crippen molar-refractivity contribution in [3.05, 3.63) is 36.4 Å². The first-order valence-electron chi connectivity index (χ1n) is 2.36. The van der Waals surface area contributed by atoms with Crippen LogP contribution in [0.3, 0.4) is 0 Å². The van der Waals surface area contributed by atoms with Gasteiger partial charge in [-0.2, -0.15) is 36.4 Å². The number of benzene rings is 1. The third kappa shape index (κ3) is 7.69. The van der Waals surface area contributed by atoms with Crippen LogP contribution in [0, 0.1) is 6.07 Å². The second-order valence-corrected chi connectivity index (χ2v) is 1.08. The van der Waals surface area contributed by atoms with Gasteiger partial charge in [-0.3, -0.25) is 0 Å². The number of aliphatic hydroxyl groups excluding tert-OH is 1. The number of hydrogen-bond acceptors (Lipinski definition) is 1. The molecular formula is C7H9CoO-. The zero-order valence-corrected chi connectivity index (χ0v) is 6.21. The summed E-state index contributed by atoms with van der Waals surface area (Å²) >= 11 is 0. The second kappa shape index (κ2) is 10.6. The van der Waals surface area contributed by atoms with Crippen LogP contribution in [-0.2, 0) is 16.8 Å². The van der Waals surface area contributed by atoms with Crippen molar-refractivity contribution >= 4 is 0 Å². The fraction of sp³-hybridized carbons (Fsp3) is 0.143. The van der Waals surface area contributed by atoms with Crippen LogP contribution in [0.4, 0.5) is 0 Å². The molecule has 1 aromatic carbocycles. The summed E-state index contributed by atoms with van der Waals surface area (Å²) < 4.78 is 0. The number of hydrogen-bond donors (Lipinski definition) is 1. The average Bonchev–Trinajstić information content (AvgIpc) is 1.96. The normalized spacial score (nSPS) is 6.00. The zero-order chi connectivity index (χ0) is 6.24. The Labute approximate surface area is 65.9 Å². The number of aliphatic hydroxyl groups is 1. The van der Waals surface area contributed by atoms with E-state index in [1.165, 1.54) is 0 Å². The summed E-state index contributed by atoms with van der Waals surface area (Å²) in [4.78, 5) is 0. The molecule has 0 heterocycles. The van der Waals surface area contributed by atoms with Crippen LogP contribution in [0.25, 0.3) is 0 Å². The summed E-state index contributed by atoms with van der Waals surface area (Å²) in [6.07, 6.45) is 0. The summed E-state index contributed by atoms with van der Waals surface area (Å²) in [5, 5.41) is 7.00. The molecule has 0 aliphatic heterocycles. The molecule has 0 aromatic heterocycles. The molecule has 0 unspecified atom stereocenters. The third-order valence-electron chi connectivity index (χ3n) is 0.607. The molecule has 0 bridgehead atoms. The van der Waals surface area contributed by atoms with E-state index in [1.54, 1.807) is 0 Å². The van der Waals surface area contributed by atoms with Gasteiger partial charge in [-0.05, 0) is 0 Å². The van der Waals surface area contributed by atoms with Crippen LogP contribution >= 0.6 is 0 Å². The Hall–Kier alpha value is -0.314. The van der Waals surface area contributed by atoms with Crippen molar-refractivity contribution in [2.45, 2.75) is 0 Å². The van der Waals surface area contributed by atoms with Gasteiger partial charge < -0.3 is 5.11 Å². The van der Waals surface area contributed by atoms with Gasteiger partial charge in [0, 0.05) is 23.9 Å². The van der Waals surface area contributed by atoms with Crippen LogP contribution in [0.1, 0.15) is 0 Å². The van der Waals surface area contributed by atoms with Crippen LogP contribution in [0.2, 0.25) is 0 Å². The molecule has 53 valence electrons. The van der Waals surface area contributed by atoms with Crippen LogP contribution in [-0.4, -0.2) is 12.2 Å². The van der Waals surface area contributed by atoms with Gasteiger partial charge in [-0.1, -0.05) is 0 Å². The van der Waals surface area contributed by atoms with E-state index >= 15 is 0 Å². The minimum Gasteiger partial charge on any atom is -0.400 e. The second-order valence-electron chi connectivity index (χ2n) is 1.08. The molecule has 1 radical (unpaired) electrons. The summed E-state index contributed by atoms with van der Waals surface area (Å²) in [5.74, 6) is 0. The van der Waals surface area contributed by atoms with Gasteiger partial charge in [0.05, 0.1) is 0 Å². The fourth-order valence-electron chi connectivity index (χ4n) is 0.342. The van der Waals surface area contributed by atoms with Gasteiger partial charge in [0.25, 0.3) is 0 Å². The Morgan fingerprint density at radius 2 is 1.44 bits per heavy atom. The molecule has 1 rings (SSSR count). The van der Waals surface area contributed by atoms with Gasteiger partial charge in [-0.25, -0.2) is 0 Å². The zero-order valence-electron chi connectivity index (χ0n) is 5.17. The van der Waals surface area contributed by atoms with Gasteiger partial charge in [0.15, 0.2) is 0 Å².